The minimum atomic E-state index is -0.410. The lowest BCUT2D eigenvalue weighted by Crippen LogP contribution is -2.12. The molecule has 0 aromatic heterocycles. The quantitative estimate of drug-likeness (QED) is 0.641. The van der Waals surface area contributed by atoms with Crippen LogP contribution in [0.1, 0.15) is 24.2 Å². The number of ether oxygens (including phenoxy) is 1. The van der Waals surface area contributed by atoms with Crippen LogP contribution >= 0.6 is 0 Å². The summed E-state index contributed by atoms with van der Waals surface area (Å²) in [5.41, 5.74) is 1.08. The molecule has 4 heteroatoms. The molecule has 1 N–H and O–H groups in total. The van der Waals surface area contributed by atoms with E-state index in [1.807, 2.05) is 0 Å². The molecule has 0 heterocycles. The molecule has 0 aliphatic rings. The van der Waals surface area contributed by atoms with Gasteiger partial charge in [-0.25, -0.2) is 4.79 Å². The Hall–Kier alpha value is -2.10. The zero-order chi connectivity index (χ0) is 12.8. The van der Waals surface area contributed by atoms with Crippen molar-refractivity contribution in [1.82, 2.24) is 0 Å². The first-order valence-corrected chi connectivity index (χ1v) is 5.24. The molecule has 0 radical (unpaired) electrons. The number of nitrogens with one attached hydrogen (secondary N) is 1. The Morgan fingerprint density at radius 3 is 2.41 bits per heavy atom. The highest BCUT2D eigenvalue weighted by molar-refractivity contribution is 5.92. The van der Waals surface area contributed by atoms with Crippen molar-refractivity contribution >= 4 is 17.6 Å². The Labute approximate surface area is 100 Å². The summed E-state index contributed by atoms with van der Waals surface area (Å²) in [6.07, 6.45) is 1.22. The lowest BCUT2D eigenvalue weighted by atomic mass is 10.2. The van der Waals surface area contributed by atoms with Gasteiger partial charge in [-0.2, -0.15) is 0 Å². The Kier molecular flexibility index (Phi) is 4.46. The van der Waals surface area contributed by atoms with E-state index in [9.17, 15) is 9.59 Å². The van der Waals surface area contributed by atoms with Crippen molar-refractivity contribution in [3.05, 3.63) is 42.5 Å². The fraction of sp³-hybridized carbons (Fsp3) is 0.231. The van der Waals surface area contributed by atoms with E-state index in [0.29, 0.717) is 11.3 Å². The minimum absolute atomic E-state index is 0.152. The average molecular weight is 233 g/mol. The summed E-state index contributed by atoms with van der Waals surface area (Å²) in [6, 6.07) is 6.50. The molecule has 0 bridgehead atoms. The lowest BCUT2D eigenvalue weighted by molar-refractivity contribution is -0.114. The standard InChI is InChI=1S/C13H15NO3/c1-4-9(2)17-13(16)11-5-7-12(8-6-11)14-10(3)15/h4-9H,1H2,2-3H3,(H,14,15)/t9-/m0/s1. The monoisotopic (exact) mass is 233 g/mol. The summed E-state index contributed by atoms with van der Waals surface area (Å²) in [5, 5.41) is 2.62. The molecular formula is C13H15NO3. The molecule has 0 spiro atoms. The van der Waals surface area contributed by atoms with E-state index in [-0.39, 0.29) is 12.0 Å². The molecule has 90 valence electrons. The van der Waals surface area contributed by atoms with Gasteiger partial charge in [0.05, 0.1) is 5.56 Å². The summed E-state index contributed by atoms with van der Waals surface area (Å²) < 4.78 is 5.06. The molecule has 4 nitrogen and oxygen atoms in total. The highest BCUT2D eigenvalue weighted by atomic mass is 16.5. The highest BCUT2D eigenvalue weighted by Gasteiger charge is 2.09. The Bertz CT molecular complexity index is 423. The van der Waals surface area contributed by atoms with Crippen LogP contribution in [0.5, 0.6) is 0 Å². The van der Waals surface area contributed by atoms with Crippen molar-refractivity contribution < 1.29 is 14.3 Å². The first-order valence-electron chi connectivity index (χ1n) is 5.24. The maximum absolute atomic E-state index is 11.6. The number of esters is 1. The number of hydrogen-bond donors (Lipinski definition) is 1. The second-order valence-corrected chi connectivity index (χ2v) is 3.60. The van der Waals surface area contributed by atoms with Crippen LogP contribution in [-0.2, 0) is 9.53 Å². The third-order valence-corrected chi connectivity index (χ3v) is 2.07. The van der Waals surface area contributed by atoms with Crippen LogP contribution in [0, 0.1) is 0 Å². The molecule has 0 aliphatic heterocycles. The van der Waals surface area contributed by atoms with Gasteiger partial charge >= 0.3 is 5.97 Å². The topological polar surface area (TPSA) is 55.4 Å². The van der Waals surface area contributed by atoms with Crippen molar-refractivity contribution in [1.29, 1.82) is 0 Å². The Morgan fingerprint density at radius 2 is 1.94 bits per heavy atom. The SMILES string of the molecule is C=C[C@H](C)OC(=O)c1ccc(NC(C)=O)cc1. The van der Waals surface area contributed by atoms with E-state index in [1.165, 1.54) is 6.92 Å². The van der Waals surface area contributed by atoms with Crippen LogP contribution in [-0.4, -0.2) is 18.0 Å². The fourth-order valence-electron chi connectivity index (χ4n) is 1.18. The Balaban J connectivity index is 2.70. The van der Waals surface area contributed by atoms with Gasteiger partial charge < -0.3 is 10.1 Å². The second-order valence-electron chi connectivity index (χ2n) is 3.60. The van der Waals surface area contributed by atoms with Gasteiger partial charge in [0.15, 0.2) is 0 Å². The molecule has 1 aromatic rings. The number of hydrogen-bond acceptors (Lipinski definition) is 3. The van der Waals surface area contributed by atoms with Crippen LogP contribution < -0.4 is 5.32 Å². The van der Waals surface area contributed by atoms with Crippen molar-refractivity contribution in [3.63, 3.8) is 0 Å². The van der Waals surface area contributed by atoms with Gasteiger partial charge in [-0.1, -0.05) is 12.7 Å². The largest absolute Gasteiger partial charge is 0.455 e. The minimum Gasteiger partial charge on any atom is -0.455 e. The number of rotatable bonds is 4. The van der Waals surface area contributed by atoms with Crippen molar-refractivity contribution in [2.24, 2.45) is 0 Å². The number of anilines is 1. The van der Waals surface area contributed by atoms with Gasteiger partial charge in [-0.05, 0) is 31.2 Å². The van der Waals surface area contributed by atoms with Crippen molar-refractivity contribution in [2.75, 3.05) is 5.32 Å². The molecule has 1 amide bonds. The summed E-state index contributed by atoms with van der Waals surface area (Å²) >= 11 is 0. The van der Waals surface area contributed by atoms with Gasteiger partial charge in [-0.3, -0.25) is 4.79 Å². The second kappa shape index (κ2) is 5.84. The van der Waals surface area contributed by atoms with Crippen LogP contribution in [0.25, 0.3) is 0 Å². The number of carbonyl (C=O) groups excluding carboxylic acids is 2. The number of benzene rings is 1. The molecular weight excluding hydrogens is 218 g/mol. The van der Waals surface area contributed by atoms with E-state index in [2.05, 4.69) is 11.9 Å². The average Bonchev–Trinajstić information content (AvgIpc) is 2.28. The van der Waals surface area contributed by atoms with E-state index in [0.717, 1.165) is 0 Å². The zero-order valence-electron chi connectivity index (χ0n) is 9.90. The number of carbonyl (C=O) groups is 2. The molecule has 0 aliphatic carbocycles. The van der Waals surface area contributed by atoms with Gasteiger partial charge in [0.2, 0.25) is 5.91 Å². The van der Waals surface area contributed by atoms with E-state index < -0.39 is 5.97 Å². The van der Waals surface area contributed by atoms with Gasteiger partial charge in [0, 0.05) is 12.6 Å². The smallest absolute Gasteiger partial charge is 0.338 e. The third-order valence-electron chi connectivity index (χ3n) is 2.07. The van der Waals surface area contributed by atoms with E-state index >= 15 is 0 Å². The molecule has 17 heavy (non-hydrogen) atoms. The van der Waals surface area contributed by atoms with Gasteiger partial charge in [-0.15, -0.1) is 0 Å². The maximum atomic E-state index is 11.6. The number of amides is 1. The summed E-state index contributed by atoms with van der Waals surface area (Å²) in [7, 11) is 0. The van der Waals surface area contributed by atoms with Crippen LogP contribution in [0.2, 0.25) is 0 Å². The van der Waals surface area contributed by atoms with E-state index in [4.69, 9.17) is 4.74 Å². The molecule has 0 saturated heterocycles. The molecule has 0 saturated carbocycles. The van der Waals surface area contributed by atoms with E-state index in [1.54, 1.807) is 37.3 Å². The highest BCUT2D eigenvalue weighted by Crippen LogP contribution is 2.11. The van der Waals surface area contributed by atoms with Gasteiger partial charge in [0.25, 0.3) is 0 Å². The molecule has 1 rings (SSSR count). The first-order chi connectivity index (χ1) is 8.02. The van der Waals surface area contributed by atoms with Crippen molar-refractivity contribution in [3.8, 4) is 0 Å². The van der Waals surface area contributed by atoms with Gasteiger partial charge in [0.1, 0.15) is 6.10 Å². The predicted octanol–water partition coefficient (Wildman–Crippen LogP) is 2.38. The molecule has 1 aromatic carbocycles. The normalized spacial score (nSPS) is 11.4. The first kappa shape index (κ1) is 13.0. The lowest BCUT2D eigenvalue weighted by Gasteiger charge is -2.09. The zero-order valence-corrected chi connectivity index (χ0v) is 9.90. The summed E-state index contributed by atoms with van der Waals surface area (Å²) in [4.78, 5) is 22.4. The molecule has 0 fully saturated rings. The van der Waals surface area contributed by atoms with Crippen LogP contribution in [0.15, 0.2) is 36.9 Å². The maximum Gasteiger partial charge on any atom is 0.338 e. The predicted molar refractivity (Wildman–Crippen MR) is 65.8 cm³/mol. The summed E-state index contributed by atoms with van der Waals surface area (Å²) in [6.45, 7) is 6.69. The van der Waals surface area contributed by atoms with Crippen LogP contribution in [0.3, 0.4) is 0 Å². The fourth-order valence-corrected chi connectivity index (χ4v) is 1.18. The Morgan fingerprint density at radius 1 is 1.35 bits per heavy atom. The third kappa shape index (κ3) is 4.10. The molecule has 0 unspecified atom stereocenters. The summed E-state index contributed by atoms with van der Waals surface area (Å²) in [5.74, 6) is -0.563. The van der Waals surface area contributed by atoms with Crippen LogP contribution in [0.4, 0.5) is 5.69 Å². The molecule has 1 atom stereocenters. The van der Waals surface area contributed by atoms with Crippen molar-refractivity contribution in [2.45, 2.75) is 20.0 Å².